The number of methoxy groups -OCH3 is 2. The van der Waals surface area contributed by atoms with Crippen molar-refractivity contribution in [3.8, 4) is 0 Å². The van der Waals surface area contributed by atoms with Gasteiger partial charge in [0.05, 0.1) is 15.6 Å². The van der Waals surface area contributed by atoms with Crippen molar-refractivity contribution < 1.29 is 28.9 Å². The second kappa shape index (κ2) is 10.8. The molecule has 0 amide bonds. The van der Waals surface area contributed by atoms with E-state index in [-0.39, 0.29) is 12.0 Å². The number of aliphatic carboxylic acids is 1. The Morgan fingerprint density at radius 3 is 2.30 bits per heavy atom. The minimum atomic E-state index is -1.12. The molecule has 20 heavy (non-hydrogen) atoms. The van der Waals surface area contributed by atoms with Crippen LogP contribution in [0.25, 0.3) is 0 Å². The van der Waals surface area contributed by atoms with Crippen LogP contribution in [-0.2, 0) is 23.8 Å². The molecule has 0 rings (SSSR count). The van der Waals surface area contributed by atoms with E-state index < -0.39 is 27.4 Å². The normalized spacial score (nSPS) is 14.7. The summed E-state index contributed by atoms with van der Waals surface area (Å²) >= 11 is 0. The first-order valence-corrected chi connectivity index (χ1v) is 8.76. The summed E-state index contributed by atoms with van der Waals surface area (Å²) < 4.78 is 15.3. The van der Waals surface area contributed by atoms with Crippen LogP contribution in [0.4, 0.5) is 0 Å². The number of esters is 1. The van der Waals surface area contributed by atoms with Crippen molar-refractivity contribution in [2.45, 2.75) is 51.2 Å². The molecule has 2 atom stereocenters. The predicted octanol–water partition coefficient (Wildman–Crippen LogP) is 0.973. The minimum absolute atomic E-state index is 0.148. The monoisotopic (exact) mass is 306 g/mol. The Balaban J connectivity index is 4.15. The summed E-state index contributed by atoms with van der Waals surface area (Å²) in [5.41, 5.74) is 0. The Morgan fingerprint density at radius 2 is 1.85 bits per heavy atom. The summed E-state index contributed by atoms with van der Waals surface area (Å²) in [6.45, 7) is 3.64. The van der Waals surface area contributed by atoms with E-state index >= 15 is 0 Å². The van der Waals surface area contributed by atoms with Crippen LogP contribution < -0.4 is 0 Å². The molecular formula is C13H26O6Si. The molecular weight excluding hydrogens is 280 g/mol. The van der Waals surface area contributed by atoms with E-state index in [1.54, 1.807) is 21.1 Å². The third kappa shape index (κ3) is 7.61. The zero-order valence-corrected chi connectivity index (χ0v) is 14.2. The van der Waals surface area contributed by atoms with E-state index in [2.05, 4.69) is 0 Å². The molecule has 0 saturated carbocycles. The number of carboxylic acids is 1. The molecule has 0 aliphatic rings. The summed E-state index contributed by atoms with van der Waals surface area (Å²) in [6.07, 6.45) is 1.40. The fourth-order valence-electron chi connectivity index (χ4n) is 1.70. The number of carbonyl (C=O) groups is 2. The highest BCUT2D eigenvalue weighted by Crippen LogP contribution is 2.14. The van der Waals surface area contributed by atoms with Crippen LogP contribution in [0.2, 0.25) is 6.04 Å². The van der Waals surface area contributed by atoms with Crippen LogP contribution >= 0.6 is 0 Å². The van der Waals surface area contributed by atoms with Crippen LogP contribution in [0.3, 0.4) is 0 Å². The van der Waals surface area contributed by atoms with Gasteiger partial charge in [0.15, 0.2) is 5.92 Å². The molecule has 2 unspecified atom stereocenters. The molecule has 0 saturated heterocycles. The lowest BCUT2D eigenvalue weighted by Crippen LogP contribution is -2.29. The summed E-state index contributed by atoms with van der Waals surface area (Å²) in [4.78, 5) is 22.9. The zero-order valence-electron chi connectivity index (χ0n) is 12.8. The Morgan fingerprint density at radius 1 is 1.25 bits per heavy atom. The number of carboxylic acid groups (broad SMARTS) is 1. The third-order valence-corrected chi connectivity index (χ3v) is 5.23. The molecule has 118 valence electrons. The molecule has 0 aromatic rings. The lowest BCUT2D eigenvalue weighted by atomic mass is 10.0. The topological polar surface area (TPSA) is 82.1 Å². The standard InChI is InChI=1S/C13H26O6Si/c1-5-9(2)19-12(16)10(11(14)15)7-6-8-20-13(17-3)18-4/h9-10,13H,5-8,20H2,1-4H3,(H,14,15). The van der Waals surface area contributed by atoms with Crippen LogP contribution in [-0.4, -0.2) is 52.8 Å². The smallest absolute Gasteiger partial charge is 0.320 e. The Kier molecular flexibility index (Phi) is 10.3. The second-order valence-corrected chi connectivity index (χ2v) is 6.68. The van der Waals surface area contributed by atoms with E-state index in [0.717, 1.165) is 6.04 Å². The quantitative estimate of drug-likeness (QED) is 0.201. The summed E-state index contributed by atoms with van der Waals surface area (Å²) in [7, 11) is 2.59. The average Bonchev–Trinajstić information content (AvgIpc) is 2.42. The van der Waals surface area contributed by atoms with E-state index in [4.69, 9.17) is 19.3 Å². The molecule has 1 N–H and O–H groups in total. The largest absolute Gasteiger partial charge is 0.481 e. The maximum atomic E-state index is 11.8. The molecule has 0 bridgehead atoms. The van der Waals surface area contributed by atoms with Gasteiger partial charge >= 0.3 is 11.9 Å². The van der Waals surface area contributed by atoms with E-state index in [1.165, 1.54) is 0 Å². The zero-order chi connectivity index (χ0) is 15.5. The molecule has 7 heteroatoms. The summed E-state index contributed by atoms with van der Waals surface area (Å²) in [5, 5.41) is 9.09. The van der Waals surface area contributed by atoms with Crippen LogP contribution in [0.15, 0.2) is 0 Å². The van der Waals surface area contributed by atoms with Crippen molar-refractivity contribution in [3.05, 3.63) is 0 Å². The highest BCUT2D eigenvalue weighted by Gasteiger charge is 2.28. The van der Waals surface area contributed by atoms with Gasteiger partial charge in [-0.15, -0.1) is 0 Å². The van der Waals surface area contributed by atoms with Crippen molar-refractivity contribution >= 4 is 21.5 Å². The van der Waals surface area contributed by atoms with Gasteiger partial charge in [0.25, 0.3) is 0 Å². The first kappa shape index (κ1) is 19.1. The van der Waals surface area contributed by atoms with Gasteiger partial charge in [-0.05, 0) is 19.8 Å². The van der Waals surface area contributed by atoms with Gasteiger partial charge in [-0.2, -0.15) is 0 Å². The lowest BCUT2D eigenvalue weighted by molar-refractivity contribution is -0.162. The average molecular weight is 306 g/mol. The van der Waals surface area contributed by atoms with Crippen molar-refractivity contribution in [1.82, 2.24) is 0 Å². The molecule has 0 aliphatic heterocycles. The van der Waals surface area contributed by atoms with E-state index in [1.807, 2.05) is 6.92 Å². The molecule has 0 spiro atoms. The highest BCUT2D eigenvalue weighted by atomic mass is 28.2. The molecule has 0 heterocycles. The molecule has 0 aliphatic carbocycles. The fraction of sp³-hybridized carbons (Fsp3) is 0.846. The van der Waals surface area contributed by atoms with Gasteiger partial charge < -0.3 is 19.3 Å². The van der Waals surface area contributed by atoms with Gasteiger partial charge in [-0.25, -0.2) is 0 Å². The van der Waals surface area contributed by atoms with Crippen molar-refractivity contribution in [1.29, 1.82) is 0 Å². The Labute approximate surface area is 122 Å². The van der Waals surface area contributed by atoms with Crippen LogP contribution in [0.1, 0.15) is 33.1 Å². The van der Waals surface area contributed by atoms with E-state index in [9.17, 15) is 9.59 Å². The van der Waals surface area contributed by atoms with Gasteiger partial charge in [0.1, 0.15) is 5.91 Å². The summed E-state index contributed by atoms with van der Waals surface area (Å²) in [6, 6.07) is 0.868. The Hall–Kier alpha value is -0.923. The first-order valence-electron chi connectivity index (χ1n) is 6.95. The molecule has 0 radical (unpaired) electrons. The second-order valence-electron chi connectivity index (χ2n) is 4.73. The number of hydrogen-bond donors (Lipinski definition) is 1. The number of hydrogen-bond acceptors (Lipinski definition) is 5. The SMILES string of the molecule is CCC(C)OC(=O)C(CCC[SiH2]C(OC)OC)C(=O)O. The van der Waals surface area contributed by atoms with Gasteiger partial charge in [0, 0.05) is 14.2 Å². The van der Waals surface area contributed by atoms with Crippen LogP contribution in [0.5, 0.6) is 0 Å². The van der Waals surface area contributed by atoms with Gasteiger partial charge in [-0.1, -0.05) is 19.4 Å². The molecule has 0 aromatic carbocycles. The lowest BCUT2D eigenvalue weighted by Gasteiger charge is -2.16. The minimum Gasteiger partial charge on any atom is -0.481 e. The van der Waals surface area contributed by atoms with Crippen molar-refractivity contribution in [3.63, 3.8) is 0 Å². The van der Waals surface area contributed by atoms with E-state index in [0.29, 0.717) is 19.3 Å². The first-order chi connectivity index (χ1) is 9.46. The number of rotatable bonds is 11. The van der Waals surface area contributed by atoms with Gasteiger partial charge in [0.2, 0.25) is 0 Å². The Bertz CT molecular complexity index is 293. The van der Waals surface area contributed by atoms with Crippen LogP contribution in [0, 0.1) is 5.92 Å². The molecule has 0 aromatic heterocycles. The van der Waals surface area contributed by atoms with Crippen molar-refractivity contribution in [2.24, 2.45) is 5.92 Å². The van der Waals surface area contributed by atoms with Crippen molar-refractivity contribution in [2.75, 3.05) is 14.2 Å². The maximum Gasteiger partial charge on any atom is 0.320 e. The number of ether oxygens (including phenoxy) is 3. The third-order valence-electron chi connectivity index (χ3n) is 3.18. The number of carbonyl (C=O) groups excluding carboxylic acids is 1. The fourth-order valence-corrected chi connectivity index (χ4v) is 3.08. The molecule has 0 fully saturated rings. The highest BCUT2D eigenvalue weighted by molar-refractivity contribution is 6.36. The summed E-state index contributed by atoms with van der Waals surface area (Å²) in [5.74, 6) is -2.97. The van der Waals surface area contributed by atoms with Gasteiger partial charge in [-0.3, -0.25) is 9.59 Å². The predicted molar refractivity (Wildman–Crippen MR) is 77.4 cm³/mol. The molecule has 6 nitrogen and oxygen atoms in total. The maximum absolute atomic E-state index is 11.8.